The summed E-state index contributed by atoms with van der Waals surface area (Å²) in [6, 6.07) is 4.01. The minimum atomic E-state index is -3.33. The fourth-order valence-corrected chi connectivity index (χ4v) is 7.10. The van der Waals surface area contributed by atoms with E-state index in [0.29, 0.717) is 4.90 Å². The Morgan fingerprint density at radius 1 is 1.14 bits per heavy atom. The van der Waals surface area contributed by atoms with Crippen LogP contribution >= 0.6 is 0 Å². The van der Waals surface area contributed by atoms with Crippen LogP contribution in [0.3, 0.4) is 0 Å². The summed E-state index contributed by atoms with van der Waals surface area (Å²) in [5.74, 6) is 0. The summed E-state index contributed by atoms with van der Waals surface area (Å²) < 4.78 is 26.4. The van der Waals surface area contributed by atoms with Crippen molar-refractivity contribution in [3.63, 3.8) is 0 Å². The molecule has 0 saturated carbocycles. The molecule has 0 aromatic heterocycles. The van der Waals surface area contributed by atoms with Crippen LogP contribution < -0.4 is 0 Å². The lowest BCUT2D eigenvalue weighted by atomic mass is 9.73. The third kappa shape index (κ3) is 2.02. The Kier molecular flexibility index (Phi) is 3.00. The molecule has 2 nitrogen and oxygen atoms in total. The lowest BCUT2D eigenvalue weighted by molar-refractivity contribution is 0.391. The molecule has 1 aliphatic heterocycles. The van der Waals surface area contributed by atoms with Crippen molar-refractivity contribution in [3.8, 4) is 0 Å². The highest BCUT2D eigenvalue weighted by molar-refractivity contribution is 7.92. The van der Waals surface area contributed by atoms with E-state index in [4.69, 9.17) is 0 Å². The summed E-state index contributed by atoms with van der Waals surface area (Å²) in [7, 11) is -3.33. The van der Waals surface area contributed by atoms with Crippen LogP contribution in [-0.4, -0.2) is 13.7 Å². The number of rotatable bonds is 0. The van der Waals surface area contributed by atoms with Gasteiger partial charge in [-0.1, -0.05) is 47.9 Å². The van der Waals surface area contributed by atoms with Crippen LogP contribution in [0, 0.1) is 19.3 Å². The first-order chi connectivity index (χ1) is 9.65. The van der Waals surface area contributed by atoms with Crippen molar-refractivity contribution in [2.24, 2.45) is 5.41 Å². The van der Waals surface area contributed by atoms with E-state index in [1.54, 1.807) is 0 Å². The van der Waals surface area contributed by atoms with Crippen LogP contribution in [-0.2, 0) is 16.3 Å². The molecule has 0 saturated heterocycles. The van der Waals surface area contributed by atoms with Gasteiger partial charge in [0.05, 0.1) is 10.1 Å². The van der Waals surface area contributed by atoms with Gasteiger partial charge in [0.15, 0.2) is 9.84 Å². The summed E-state index contributed by atoms with van der Waals surface area (Å²) in [6.45, 7) is 10.0. The van der Waals surface area contributed by atoms with Gasteiger partial charge in [0.2, 0.25) is 0 Å². The topological polar surface area (TPSA) is 34.1 Å². The molecule has 21 heavy (non-hydrogen) atoms. The Balaban J connectivity index is 2.35. The average Bonchev–Trinajstić information content (AvgIpc) is 2.22. The van der Waals surface area contributed by atoms with Gasteiger partial charge in [0.25, 0.3) is 0 Å². The molecule has 3 heteroatoms. The van der Waals surface area contributed by atoms with Gasteiger partial charge in [-0.2, -0.15) is 0 Å². The van der Waals surface area contributed by atoms with E-state index in [9.17, 15) is 8.42 Å². The molecule has 0 radical (unpaired) electrons. The van der Waals surface area contributed by atoms with Crippen LogP contribution in [0.4, 0.5) is 0 Å². The zero-order valence-electron chi connectivity index (χ0n) is 13.3. The zero-order valence-corrected chi connectivity index (χ0v) is 14.1. The molecular weight excluding hydrogens is 280 g/mol. The van der Waals surface area contributed by atoms with E-state index in [-0.39, 0.29) is 5.41 Å². The second-order valence-electron chi connectivity index (χ2n) is 6.95. The molecule has 1 aliphatic carbocycles. The fraction of sp³-hybridized carbons (Fsp3) is 0.444. The highest BCUT2D eigenvalue weighted by Crippen LogP contribution is 2.49. The van der Waals surface area contributed by atoms with E-state index in [2.05, 4.69) is 19.9 Å². The molecule has 2 atom stereocenters. The summed E-state index contributed by atoms with van der Waals surface area (Å²) >= 11 is 0. The van der Waals surface area contributed by atoms with Gasteiger partial charge >= 0.3 is 0 Å². The van der Waals surface area contributed by atoms with Gasteiger partial charge in [-0.15, -0.1) is 0 Å². The van der Waals surface area contributed by atoms with E-state index in [1.165, 1.54) is 0 Å². The minimum Gasteiger partial charge on any atom is -0.223 e. The van der Waals surface area contributed by atoms with Gasteiger partial charge in [0.1, 0.15) is 0 Å². The third-order valence-electron chi connectivity index (χ3n) is 4.69. The second kappa shape index (κ2) is 4.33. The Bertz CT molecular complexity index is 797. The molecule has 1 aromatic carbocycles. The molecule has 0 amide bonds. The van der Waals surface area contributed by atoms with E-state index in [0.717, 1.165) is 34.3 Å². The normalized spacial score (nSPS) is 30.0. The quantitative estimate of drug-likeness (QED) is 0.728. The maximum Gasteiger partial charge on any atom is 0.186 e. The van der Waals surface area contributed by atoms with Gasteiger partial charge in [-0.25, -0.2) is 8.42 Å². The summed E-state index contributed by atoms with van der Waals surface area (Å²) in [5, 5.41) is -0.428. The monoisotopic (exact) mass is 302 g/mol. The maximum atomic E-state index is 13.2. The van der Waals surface area contributed by atoms with E-state index >= 15 is 0 Å². The van der Waals surface area contributed by atoms with Crippen molar-refractivity contribution in [2.75, 3.05) is 0 Å². The Morgan fingerprint density at radius 3 is 2.48 bits per heavy atom. The van der Waals surface area contributed by atoms with Gasteiger partial charge in [-0.3, -0.25) is 0 Å². The Hall–Kier alpha value is -1.35. The van der Waals surface area contributed by atoms with Crippen molar-refractivity contribution < 1.29 is 8.42 Å². The summed E-state index contributed by atoms with van der Waals surface area (Å²) in [5.41, 5.74) is 4.77. The lowest BCUT2D eigenvalue weighted by Gasteiger charge is -2.43. The fourth-order valence-electron chi connectivity index (χ4n) is 4.44. The number of hydrogen-bond donors (Lipinski definition) is 0. The zero-order chi connectivity index (χ0) is 15.6. The van der Waals surface area contributed by atoms with Crippen LogP contribution in [0.2, 0.25) is 0 Å². The molecule has 2 aliphatic rings. The predicted octanol–water partition coefficient (Wildman–Crippen LogP) is 3.91. The SMILES string of the molecule is CC1=C[C@@]2(C)Cc3cc(C)cc(C)c3S(=O)(=O)[C@H]2C(C)=C1. The number of benzene rings is 1. The molecule has 1 aromatic rings. The molecule has 1 heterocycles. The van der Waals surface area contributed by atoms with Crippen molar-refractivity contribution in [1.29, 1.82) is 0 Å². The van der Waals surface area contributed by atoms with Crippen molar-refractivity contribution in [1.82, 2.24) is 0 Å². The largest absolute Gasteiger partial charge is 0.223 e. The molecule has 0 bridgehead atoms. The van der Waals surface area contributed by atoms with Crippen molar-refractivity contribution in [2.45, 2.75) is 51.2 Å². The van der Waals surface area contributed by atoms with Crippen LogP contribution in [0.1, 0.15) is 37.5 Å². The van der Waals surface area contributed by atoms with Crippen LogP contribution in [0.15, 0.2) is 40.3 Å². The molecule has 112 valence electrons. The summed E-state index contributed by atoms with van der Waals surface area (Å²) in [6.07, 6.45) is 4.94. The summed E-state index contributed by atoms with van der Waals surface area (Å²) in [4.78, 5) is 0.566. The van der Waals surface area contributed by atoms with Gasteiger partial charge in [-0.05, 0) is 45.2 Å². The van der Waals surface area contributed by atoms with E-state index in [1.807, 2.05) is 39.0 Å². The lowest BCUT2D eigenvalue weighted by Crippen LogP contribution is -2.45. The highest BCUT2D eigenvalue weighted by atomic mass is 32.2. The first-order valence-electron chi connectivity index (χ1n) is 7.37. The number of sulfone groups is 1. The first-order valence-corrected chi connectivity index (χ1v) is 8.91. The van der Waals surface area contributed by atoms with Crippen LogP contribution in [0.25, 0.3) is 0 Å². The number of hydrogen-bond acceptors (Lipinski definition) is 2. The van der Waals surface area contributed by atoms with Crippen molar-refractivity contribution >= 4 is 9.84 Å². The van der Waals surface area contributed by atoms with Gasteiger partial charge < -0.3 is 0 Å². The average molecular weight is 302 g/mol. The number of aryl methyl sites for hydroxylation is 2. The molecule has 0 N–H and O–H groups in total. The standard InChI is InChI=1S/C18H22O2S/c1-11-6-13(3)16-15(8-11)10-18(5)9-12(2)7-14(4)17(18)21(16,19)20/h6-9,17H,10H2,1-5H3/t17-,18-/m0/s1. The Morgan fingerprint density at radius 2 is 1.81 bits per heavy atom. The molecule has 0 unspecified atom stereocenters. The first kappa shape index (κ1) is 14.6. The van der Waals surface area contributed by atoms with Gasteiger partial charge in [0, 0.05) is 5.41 Å². The predicted molar refractivity (Wildman–Crippen MR) is 86.2 cm³/mol. The third-order valence-corrected chi connectivity index (χ3v) is 7.37. The molecule has 0 fully saturated rings. The number of fused-ring (bicyclic) bond motifs is 2. The highest BCUT2D eigenvalue weighted by Gasteiger charge is 2.49. The molecular formula is C18H22O2S. The number of allylic oxidation sites excluding steroid dienone is 3. The maximum absolute atomic E-state index is 13.2. The molecule has 0 spiro atoms. The van der Waals surface area contributed by atoms with Crippen molar-refractivity contribution in [3.05, 3.63) is 52.1 Å². The van der Waals surface area contributed by atoms with E-state index < -0.39 is 15.1 Å². The second-order valence-corrected chi connectivity index (χ2v) is 8.92. The van der Waals surface area contributed by atoms with Crippen LogP contribution in [0.5, 0.6) is 0 Å². The Labute approximate surface area is 127 Å². The minimum absolute atomic E-state index is 0.338. The smallest absolute Gasteiger partial charge is 0.186 e. The molecule has 3 rings (SSSR count).